The fourth-order valence-corrected chi connectivity index (χ4v) is 8.12. The highest BCUT2D eigenvalue weighted by atomic mass is 15.1. The molecule has 0 atom stereocenters. The van der Waals surface area contributed by atoms with E-state index >= 15 is 0 Å². The van der Waals surface area contributed by atoms with E-state index in [4.69, 9.17) is 9.97 Å². The summed E-state index contributed by atoms with van der Waals surface area (Å²) in [6.45, 7) is 0. The molecule has 0 aliphatic heterocycles. The van der Waals surface area contributed by atoms with Gasteiger partial charge in [0.25, 0.3) is 0 Å². The zero-order valence-electron chi connectivity index (χ0n) is 25.3. The first-order valence-corrected chi connectivity index (χ1v) is 16.1. The lowest BCUT2D eigenvalue weighted by Crippen LogP contribution is -2.04. The summed E-state index contributed by atoms with van der Waals surface area (Å²) in [5.41, 5.74) is 11.0. The molecule has 8 aromatic carbocycles. The van der Waals surface area contributed by atoms with Crippen LogP contribution in [0.5, 0.6) is 0 Å². The highest BCUT2D eigenvalue weighted by molar-refractivity contribution is 6.27. The molecule has 0 spiro atoms. The fraction of sp³-hybridized carbons (Fsp3) is 0. The van der Waals surface area contributed by atoms with E-state index in [2.05, 4.69) is 156 Å². The molecule has 10 aromatic rings. The van der Waals surface area contributed by atoms with Gasteiger partial charge >= 0.3 is 0 Å². The van der Waals surface area contributed by atoms with Crippen molar-refractivity contribution in [2.24, 2.45) is 0 Å². The molecule has 0 saturated carbocycles. The van der Waals surface area contributed by atoms with E-state index in [1.807, 2.05) is 0 Å². The quantitative estimate of drug-likeness (QED) is 0.186. The van der Waals surface area contributed by atoms with Gasteiger partial charge in [0.2, 0.25) is 0 Å². The Bertz CT molecular complexity index is 2870. The monoisotopic (exact) mass is 595 g/mol. The average Bonchev–Trinajstić information content (AvgIpc) is 3.42. The van der Waals surface area contributed by atoms with Crippen LogP contribution in [0.2, 0.25) is 0 Å². The molecule has 0 N–H and O–H groups in total. The first-order chi connectivity index (χ1) is 23.3. The van der Waals surface area contributed by atoms with Crippen molar-refractivity contribution >= 4 is 65.2 Å². The number of benzene rings is 8. The predicted molar refractivity (Wildman–Crippen MR) is 196 cm³/mol. The molecule has 0 bridgehead atoms. The van der Waals surface area contributed by atoms with Gasteiger partial charge in [0.05, 0.1) is 22.1 Å². The molecule has 1 aliphatic carbocycles. The van der Waals surface area contributed by atoms with Gasteiger partial charge < -0.3 is 0 Å². The van der Waals surface area contributed by atoms with Crippen molar-refractivity contribution in [3.8, 4) is 39.3 Å². The van der Waals surface area contributed by atoms with Gasteiger partial charge in [-0.05, 0) is 67.4 Å². The lowest BCUT2D eigenvalue weighted by atomic mass is 9.93. The van der Waals surface area contributed by atoms with Crippen molar-refractivity contribution in [3.05, 3.63) is 152 Å². The summed E-state index contributed by atoms with van der Waals surface area (Å²) in [6.07, 6.45) is 0. The van der Waals surface area contributed by atoms with Crippen LogP contribution in [-0.2, 0) is 0 Å². The summed E-state index contributed by atoms with van der Waals surface area (Å²) in [4.78, 5) is 11.1. The Morgan fingerprint density at radius 1 is 0.362 bits per heavy atom. The minimum absolute atomic E-state index is 0.839. The smallest absolute Gasteiger partial charge is 0.165 e. The number of aromatic nitrogens is 3. The number of hydrogen-bond donors (Lipinski definition) is 0. The third-order valence-electron chi connectivity index (χ3n) is 10.1. The van der Waals surface area contributed by atoms with E-state index in [0.29, 0.717) is 0 Å². The number of nitrogens with zero attached hydrogens (tertiary/aromatic N) is 3. The van der Waals surface area contributed by atoms with Crippen LogP contribution in [0.3, 0.4) is 0 Å². The van der Waals surface area contributed by atoms with Gasteiger partial charge in [0.15, 0.2) is 5.82 Å². The topological polar surface area (TPSA) is 30.7 Å². The lowest BCUT2D eigenvalue weighted by Gasteiger charge is -2.17. The van der Waals surface area contributed by atoms with E-state index in [-0.39, 0.29) is 0 Å². The van der Waals surface area contributed by atoms with Gasteiger partial charge in [-0.15, -0.1) is 0 Å². The molecule has 216 valence electrons. The van der Waals surface area contributed by atoms with Crippen LogP contribution in [0.25, 0.3) is 104 Å². The molecule has 47 heavy (non-hydrogen) atoms. The summed E-state index contributed by atoms with van der Waals surface area (Å²) in [5.74, 6) is 0.839. The maximum atomic E-state index is 5.62. The molecule has 0 radical (unpaired) electrons. The molecule has 3 nitrogen and oxygen atoms in total. The molecule has 3 heteroatoms. The average molecular weight is 596 g/mol. The second-order valence-corrected chi connectivity index (χ2v) is 12.5. The third kappa shape index (κ3) is 3.30. The first-order valence-electron chi connectivity index (χ1n) is 16.1. The fourth-order valence-electron chi connectivity index (χ4n) is 8.12. The van der Waals surface area contributed by atoms with Crippen molar-refractivity contribution < 1.29 is 0 Å². The van der Waals surface area contributed by atoms with Gasteiger partial charge in [-0.1, -0.05) is 133 Å². The molecule has 0 amide bonds. The normalized spacial score (nSPS) is 12.3. The highest BCUT2D eigenvalue weighted by Gasteiger charge is 2.27. The zero-order chi connectivity index (χ0) is 30.6. The van der Waals surface area contributed by atoms with Crippen molar-refractivity contribution in [2.45, 2.75) is 0 Å². The van der Waals surface area contributed by atoms with Crippen LogP contribution >= 0.6 is 0 Å². The Labute approximate surface area is 270 Å². The van der Waals surface area contributed by atoms with Crippen LogP contribution in [-0.4, -0.2) is 14.5 Å². The molecule has 11 rings (SSSR count). The van der Waals surface area contributed by atoms with Crippen LogP contribution in [0.4, 0.5) is 0 Å². The minimum Gasteiger partial charge on any atom is -0.292 e. The molecule has 2 aromatic heterocycles. The molecule has 0 fully saturated rings. The Morgan fingerprint density at radius 2 is 0.872 bits per heavy atom. The molecule has 0 saturated heterocycles. The standard InChI is InChI=1S/C44H25N3/c1-3-15-29-26(10-1)12-5-21-35(29)43-44(46-42-30-16-4-2-11-27(30)24-25-36(42)45-43)47-37-22-8-19-33-31-17-6-13-28-14-7-18-32(39(28)31)34-20-9-23-38(47)41(34)40(33)37/h1-25H. The Morgan fingerprint density at radius 3 is 1.55 bits per heavy atom. The maximum absolute atomic E-state index is 5.62. The van der Waals surface area contributed by atoms with Crippen LogP contribution in [0.1, 0.15) is 0 Å². The summed E-state index contributed by atoms with van der Waals surface area (Å²) in [7, 11) is 0. The second-order valence-electron chi connectivity index (χ2n) is 12.5. The minimum atomic E-state index is 0.839. The van der Waals surface area contributed by atoms with Gasteiger partial charge in [-0.2, -0.15) is 0 Å². The van der Waals surface area contributed by atoms with E-state index in [1.54, 1.807) is 0 Å². The summed E-state index contributed by atoms with van der Waals surface area (Å²) in [6, 6.07) is 54.6. The summed E-state index contributed by atoms with van der Waals surface area (Å²) >= 11 is 0. The summed E-state index contributed by atoms with van der Waals surface area (Å²) < 4.78 is 2.37. The van der Waals surface area contributed by atoms with E-state index in [9.17, 15) is 0 Å². The number of fused-ring (bicyclic) bond motifs is 6. The molecule has 0 unspecified atom stereocenters. The molecular formula is C44H25N3. The lowest BCUT2D eigenvalue weighted by molar-refractivity contribution is 1.08. The highest BCUT2D eigenvalue weighted by Crippen LogP contribution is 2.50. The number of hydrogen-bond acceptors (Lipinski definition) is 2. The molecular weight excluding hydrogens is 571 g/mol. The van der Waals surface area contributed by atoms with Gasteiger partial charge in [-0.25, -0.2) is 9.97 Å². The van der Waals surface area contributed by atoms with Crippen molar-refractivity contribution in [1.29, 1.82) is 0 Å². The maximum Gasteiger partial charge on any atom is 0.165 e. The Hall–Kier alpha value is -6.32. The molecule has 2 heterocycles. The molecule has 1 aliphatic rings. The Kier molecular flexibility index (Phi) is 4.84. The SMILES string of the molecule is c1ccc2c(-c3nc4ccc5ccccc5c4nc3-n3c4cccc5c4c4c(cccc43)-c3cccc4cccc-5c34)cccc2c1. The summed E-state index contributed by atoms with van der Waals surface area (Å²) in [5, 5.41) is 9.69. The van der Waals surface area contributed by atoms with Crippen LogP contribution < -0.4 is 0 Å². The first kappa shape index (κ1) is 24.9. The van der Waals surface area contributed by atoms with E-state index in [0.717, 1.165) is 55.3 Å². The van der Waals surface area contributed by atoms with Crippen LogP contribution in [0, 0.1) is 0 Å². The van der Waals surface area contributed by atoms with E-state index in [1.165, 1.54) is 49.2 Å². The number of rotatable bonds is 2. The van der Waals surface area contributed by atoms with Crippen molar-refractivity contribution in [2.75, 3.05) is 0 Å². The zero-order valence-corrected chi connectivity index (χ0v) is 25.3. The third-order valence-corrected chi connectivity index (χ3v) is 10.1. The Balaban J connectivity index is 1.36. The van der Waals surface area contributed by atoms with Gasteiger partial charge in [0.1, 0.15) is 5.69 Å². The van der Waals surface area contributed by atoms with Crippen molar-refractivity contribution in [3.63, 3.8) is 0 Å². The van der Waals surface area contributed by atoms with Crippen molar-refractivity contribution in [1.82, 2.24) is 14.5 Å². The second kappa shape index (κ2) is 9.12. The van der Waals surface area contributed by atoms with Gasteiger partial charge in [0, 0.05) is 21.7 Å². The van der Waals surface area contributed by atoms with E-state index < -0.39 is 0 Å². The van der Waals surface area contributed by atoms with Crippen LogP contribution in [0.15, 0.2) is 152 Å². The predicted octanol–water partition coefficient (Wildman–Crippen LogP) is 11.5. The largest absolute Gasteiger partial charge is 0.292 e. The van der Waals surface area contributed by atoms with Gasteiger partial charge in [-0.3, -0.25) is 4.57 Å².